The maximum atomic E-state index is 12.2. The van der Waals surface area contributed by atoms with Crippen LogP contribution in [0, 0.1) is 5.92 Å². The highest BCUT2D eigenvalue weighted by atomic mass is 35.5. The van der Waals surface area contributed by atoms with Crippen molar-refractivity contribution in [3.63, 3.8) is 0 Å². The quantitative estimate of drug-likeness (QED) is 0.612. The van der Waals surface area contributed by atoms with Gasteiger partial charge in [-0.25, -0.2) is 18.1 Å². The number of hydrogen-bond donors (Lipinski definition) is 2. The van der Waals surface area contributed by atoms with Crippen molar-refractivity contribution in [1.29, 1.82) is 0 Å². The number of halogens is 1. The van der Waals surface area contributed by atoms with Gasteiger partial charge >= 0.3 is 0 Å². The Kier molecular flexibility index (Phi) is 6.88. The van der Waals surface area contributed by atoms with Gasteiger partial charge in [0.05, 0.1) is 11.5 Å². The molecule has 0 bridgehead atoms. The van der Waals surface area contributed by atoms with Gasteiger partial charge in [0.2, 0.25) is 21.8 Å². The fraction of sp³-hybridized carbons (Fsp3) is 0.368. The Morgan fingerprint density at radius 3 is 2.75 bits per heavy atom. The number of aromatic nitrogens is 1. The number of carbonyl (C=O) groups is 1. The topological polar surface area (TPSA) is 97.4 Å². The number of nitrogens with one attached hydrogen (secondary N) is 2. The lowest BCUT2D eigenvalue weighted by Gasteiger charge is -2.08. The maximum absolute atomic E-state index is 12.2. The molecule has 7 nitrogen and oxygen atoms in total. The molecule has 1 heterocycles. The highest BCUT2D eigenvalue weighted by Crippen LogP contribution is 2.29. The number of ether oxygens (including phenoxy) is 1. The first kappa shape index (κ1) is 20.6. The molecule has 2 aromatic rings. The fourth-order valence-electron chi connectivity index (χ4n) is 2.39. The van der Waals surface area contributed by atoms with E-state index in [0.29, 0.717) is 30.0 Å². The lowest BCUT2D eigenvalue weighted by atomic mass is 10.3. The molecule has 0 saturated heterocycles. The Hall–Kier alpha value is -2.16. The smallest absolute Gasteiger partial charge is 0.240 e. The van der Waals surface area contributed by atoms with Gasteiger partial charge in [-0.05, 0) is 42.5 Å². The van der Waals surface area contributed by atoms with Crippen LogP contribution in [0.5, 0.6) is 5.88 Å². The minimum Gasteiger partial charge on any atom is -0.477 e. The molecule has 1 saturated carbocycles. The monoisotopic (exact) mass is 423 g/mol. The average molecular weight is 424 g/mol. The molecule has 1 aliphatic carbocycles. The van der Waals surface area contributed by atoms with Crippen molar-refractivity contribution in [2.45, 2.75) is 30.7 Å². The van der Waals surface area contributed by atoms with Crippen LogP contribution in [0.2, 0.25) is 5.02 Å². The number of nitrogens with zero attached hydrogens (tertiary/aromatic N) is 1. The van der Waals surface area contributed by atoms with Crippen molar-refractivity contribution in [1.82, 2.24) is 15.0 Å². The largest absolute Gasteiger partial charge is 0.477 e. The van der Waals surface area contributed by atoms with E-state index in [-0.39, 0.29) is 23.8 Å². The minimum atomic E-state index is -3.70. The number of rotatable bonds is 10. The summed E-state index contributed by atoms with van der Waals surface area (Å²) in [6, 6.07) is 9.57. The van der Waals surface area contributed by atoms with Gasteiger partial charge in [0.25, 0.3) is 0 Å². The Labute approximate surface area is 169 Å². The molecule has 1 aliphatic rings. The lowest BCUT2D eigenvalue weighted by Crippen LogP contribution is -2.30. The van der Waals surface area contributed by atoms with E-state index < -0.39 is 10.0 Å². The average Bonchev–Trinajstić information content (AvgIpc) is 3.50. The van der Waals surface area contributed by atoms with E-state index in [0.717, 1.165) is 5.56 Å². The van der Waals surface area contributed by atoms with Gasteiger partial charge < -0.3 is 10.1 Å². The molecule has 1 fully saturated rings. The summed E-state index contributed by atoms with van der Waals surface area (Å²) in [5.41, 5.74) is 0.839. The molecule has 1 amide bonds. The Morgan fingerprint density at radius 2 is 2.07 bits per heavy atom. The zero-order chi connectivity index (χ0) is 20.0. The minimum absolute atomic E-state index is 0.00707. The Bertz CT molecular complexity index is 915. The molecule has 3 rings (SSSR count). The second kappa shape index (κ2) is 9.36. The Balaban J connectivity index is 1.38. The van der Waals surface area contributed by atoms with E-state index in [2.05, 4.69) is 15.0 Å². The first-order chi connectivity index (χ1) is 13.4. The van der Waals surface area contributed by atoms with Gasteiger partial charge in [0, 0.05) is 36.8 Å². The summed E-state index contributed by atoms with van der Waals surface area (Å²) in [6.45, 7) is 1.01. The number of hydrogen-bond acceptors (Lipinski definition) is 5. The molecule has 0 aliphatic heterocycles. The van der Waals surface area contributed by atoms with Crippen molar-refractivity contribution in [3.8, 4) is 5.88 Å². The molecule has 0 radical (unpaired) electrons. The van der Waals surface area contributed by atoms with Gasteiger partial charge in [-0.3, -0.25) is 4.79 Å². The standard InChI is InChI=1S/C19H22ClN3O4S/c20-16-2-1-3-17(10-16)28(25,26)23-9-8-18(24)21-11-15-6-7-19(22-12-15)27-13-14-4-5-14/h1-3,6-7,10,12,14,23H,4-5,8-9,11,13H2,(H,21,24). The summed E-state index contributed by atoms with van der Waals surface area (Å²) >= 11 is 5.81. The molecule has 1 aromatic carbocycles. The SMILES string of the molecule is O=C(CCNS(=O)(=O)c1cccc(Cl)c1)NCc1ccc(OCC2CC2)nc1. The summed E-state index contributed by atoms with van der Waals surface area (Å²) in [6.07, 6.45) is 4.12. The van der Waals surface area contributed by atoms with Gasteiger partial charge in [0.1, 0.15) is 0 Å². The van der Waals surface area contributed by atoms with Crippen molar-refractivity contribution >= 4 is 27.5 Å². The third-order valence-electron chi connectivity index (χ3n) is 4.20. The van der Waals surface area contributed by atoms with E-state index in [9.17, 15) is 13.2 Å². The lowest BCUT2D eigenvalue weighted by molar-refractivity contribution is -0.121. The van der Waals surface area contributed by atoms with Crippen LogP contribution in [0.4, 0.5) is 0 Å². The molecule has 0 spiro atoms. The van der Waals surface area contributed by atoms with Gasteiger partial charge in [-0.15, -0.1) is 0 Å². The molecule has 9 heteroatoms. The molecule has 150 valence electrons. The van der Waals surface area contributed by atoms with Crippen molar-refractivity contribution in [3.05, 3.63) is 53.2 Å². The zero-order valence-electron chi connectivity index (χ0n) is 15.2. The first-order valence-electron chi connectivity index (χ1n) is 9.02. The third kappa shape index (κ3) is 6.47. The number of amides is 1. The predicted molar refractivity (Wildman–Crippen MR) is 106 cm³/mol. The van der Waals surface area contributed by atoms with E-state index in [1.165, 1.54) is 25.0 Å². The molecule has 0 unspecified atom stereocenters. The number of carbonyl (C=O) groups excluding carboxylic acids is 1. The molecular weight excluding hydrogens is 402 g/mol. The predicted octanol–water partition coefficient (Wildman–Crippen LogP) is 2.51. The summed E-state index contributed by atoms with van der Waals surface area (Å²) in [4.78, 5) is 16.2. The number of sulfonamides is 1. The zero-order valence-corrected chi connectivity index (χ0v) is 16.8. The van der Waals surface area contributed by atoms with Crippen LogP contribution in [0.1, 0.15) is 24.8 Å². The Morgan fingerprint density at radius 1 is 1.25 bits per heavy atom. The van der Waals surface area contributed by atoms with Crippen LogP contribution < -0.4 is 14.8 Å². The van der Waals surface area contributed by atoms with Crippen LogP contribution in [0.15, 0.2) is 47.5 Å². The summed E-state index contributed by atoms with van der Waals surface area (Å²) < 4.78 is 32.3. The van der Waals surface area contributed by atoms with Gasteiger partial charge in [0.15, 0.2) is 0 Å². The normalized spacial score (nSPS) is 13.9. The fourth-order valence-corrected chi connectivity index (χ4v) is 3.73. The first-order valence-corrected chi connectivity index (χ1v) is 10.9. The van der Waals surface area contributed by atoms with Crippen LogP contribution in [0.25, 0.3) is 0 Å². The van der Waals surface area contributed by atoms with Gasteiger partial charge in [-0.2, -0.15) is 0 Å². The van der Waals surface area contributed by atoms with Crippen LogP contribution >= 0.6 is 11.6 Å². The van der Waals surface area contributed by atoms with E-state index in [1.807, 2.05) is 6.07 Å². The van der Waals surface area contributed by atoms with Crippen molar-refractivity contribution in [2.75, 3.05) is 13.2 Å². The van der Waals surface area contributed by atoms with Crippen LogP contribution in [0.3, 0.4) is 0 Å². The van der Waals surface area contributed by atoms with Crippen LogP contribution in [-0.4, -0.2) is 32.5 Å². The maximum Gasteiger partial charge on any atom is 0.240 e. The number of benzene rings is 1. The van der Waals surface area contributed by atoms with E-state index in [1.54, 1.807) is 24.4 Å². The summed E-state index contributed by atoms with van der Waals surface area (Å²) in [5.74, 6) is 0.984. The second-order valence-corrected chi connectivity index (χ2v) is 8.84. The van der Waals surface area contributed by atoms with Crippen molar-refractivity contribution in [2.24, 2.45) is 5.92 Å². The molecule has 1 aromatic heterocycles. The summed E-state index contributed by atoms with van der Waals surface area (Å²) in [7, 11) is -3.70. The number of pyridine rings is 1. The molecular formula is C19H22ClN3O4S. The van der Waals surface area contributed by atoms with Crippen LogP contribution in [-0.2, 0) is 21.4 Å². The second-order valence-electron chi connectivity index (χ2n) is 6.64. The molecule has 2 N–H and O–H groups in total. The van der Waals surface area contributed by atoms with Gasteiger partial charge in [-0.1, -0.05) is 23.7 Å². The third-order valence-corrected chi connectivity index (χ3v) is 5.90. The van der Waals surface area contributed by atoms with Crippen molar-refractivity contribution < 1.29 is 17.9 Å². The highest BCUT2D eigenvalue weighted by Gasteiger charge is 2.22. The molecule has 0 atom stereocenters. The van der Waals surface area contributed by atoms with E-state index in [4.69, 9.17) is 16.3 Å². The summed E-state index contributed by atoms with van der Waals surface area (Å²) in [5, 5.41) is 3.07. The highest BCUT2D eigenvalue weighted by molar-refractivity contribution is 7.89. The van der Waals surface area contributed by atoms with E-state index >= 15 is 0 Å². The molecule has 28 heavy (non-hydrogen) atoms.